The summed E-state index contributed by atoms with van der Waals surface area (Å²) in [4.78, 5) is 11.5. The third-order valence-corrected chi connectivity index (χ3v) is 6.25. The minimum absolute atomic E-state index is 0.0590. The summed E-state index contributed by atoms with van der Waals surface area (Å²) in [5, 5.41) is 3.92. The Bertz CT molecular complexity index is 979. The van der Waals surface area contributed by atoms with E-state index in [2.05, 4.69) is 20.1 Å². The number of nitrogens with two attached hydrogens (primary N) is 1. The highest BCUT2D eigenvalue weighted by molar-refractivity contribution is 7.89. The lowest BCUT2D eigenvalue weighted by Crippen LogP contribution is -2.39. The number of aromatic amines is 1. The van der Waals surface area contributed by atoms with E-state index in [1.54, 1.807) is 12.1 Å². The smallest absolute Gasteiger partial charge is 0.277 e. The Morgan fingerprint density at radius 3 is 2.92 bits per heavy atom. The van der Waals surface area contributed by atoms with Gasteiger partial charge in [0.25, 0.3) is 10.0 Å². The zero-order valence-electron chi connectivity index (χ0n) is 14.1. The molecule has 0 radical (unpaired) electrons. The Morgan fingerprint density at radius 1 is 1.27 bits per heavy atom. The van der Waals surface area contributed by atoms with Crippen LogP contribution < -0.4 is 5.73 Å². The van der Waals surface area contributed by atoms with Crippen molar-refractivity contribution in [2.45, 2.75) is 36.9 Å². The van der Waals surface area contributed by atoms with E-state index in [9.17, 15) is 8.42 Å². The summed E-state index contributed by atoms with van der Waals surface area (Å²) in [6, 6.07) is 6.77. The number of piperidine rings is 1. The number of hydrogen-bond acceptors (Lipinski definition) is 7. The molecule has 1 saturated heterocycles. The van der Waals surface area contributed by atoms with Gasteiger partial charge in [-0.2, -0.15) is 9.29 Å². The van der Waals surface area contributed by atoms with E-state index >= 15 is 0 Å². The molecule has 1 aliphatic rings. The summed E-state index contributed by atoms with van der Waals surface area (Å²) >= 11 is 0. The maximum absolute atomic E-state index is 13.2. The topological polar surface area (TPSA) is 131 Å². The van der Waals surface area contributed by atoms with Crippen molar-refractivity contribution >= 4 is 21.1 Å². The predicted octanol–water partition coefficient (Wildman–Crippen LogP) is 1.36. The maximum Gasteiger partial charge on any atom is 0.277 e. The van der Waals surface area contributed by atoms with E-state index in [4.69, 9.17) is 10.3 Å². The second-order valence-electron chi connectivity index (χ2n) is 6.27. The van der Waals surface area contributed by atoms with Crippen LogP contribution in [0.15, 0.2) is 33.9 Å². The van der Waals surface area contributed by atoms with Gasteiger partial charge in [0.1, 0.15) is 0 Å². The van der Waals surface area contributed by atoms with Gasteiger partial charge < -0.3 is 15.2 Å². The Kier molecular flexibility index (Phi) is 4.47. The number of H-pyrrole nitrogens is 1. The quantitative estimate of drug-likeness (QED) is 0.687. The molecule has 0 aliphatic carbocycles. The van der Waals surface area contributed by atoms with Crippen molar-refractivity contribution in [3.8, 4) is 0 Å². The molecule has 3 N–H and O–H groups in total. The van der Waals surface area contributed by atoms with Gasteiger partial charge in [-0.25, -0.2) is 13.4 Å². The van der Waals surface area contributed by atoms with Gasteiger partial charge in [-0.3, -0.25) is 0 Å². The first kappa shape index (κ1) is 17.1. The molecule has 138 valence electrons. The first-order chi connectivity index (χ1) is 12.6. The van der Waals surface area contributed by atoms with Crippen LogP contribution in [0.5, 0.6) is 0 Å². The van der Waals surface area contributed by atoms with E-state index in [0.29, 0.717) is 48.7 Å². The normalized spacial score (nSPS) is 19.2. The third-order valence-electron chi connectivity index (χ3n) is 4.51. The van der Waals surface area contributed by atoms with E-state index < -0.39 is 16.1 Å². The van der Waals surface area contributed by atoms with Gasteiger partial charge in [0.2, 0.25) is 11.0 Å². The largest absolute Gasteiger partial charge is 0.339 e. The van der Waals surface area contributed by atoms with Crippen LogP contribution >= 0.6 is 0 Å². The van der Waals surface area contributed by atoms with E-state index in [0.717, 1.165) is 12.8 Å². The van der Waals surface area contributed by atoms with Crippen molar-refractivity contribution in [2.75, 3.05) is 13.1 Å². The molecule has 1 fully saturated rings. The fraction of sp³-hybridized carbons (Fsp3) is 0.438. The van der Waals surface area contributed by atoms with Gasteiger partial charge in [-0.15, -0.1) is 0 Å². The van der Waals surface area contributed by atoms with Gasteiger partial charge in [0, 0.05) is 19.5 Å². The fourth-order valence-electron chi connectivity index (χ4n) is 3.24. The van der Waals surface area contributed by atoms with E-state index in [1.807, 2.05) is 12.1 Å². The summed E-state index contributed by atoms with van der Waals surface area (Å²) in [6.45, 7) is 0.790. The Labute approximate surface area is 150 Å². The van der Waals surface area contributed by atoms with Crippen molar-refractivity contribution in [2.24, 2.45) is 5.73 Å². The van der Waals surface area contributed by atoms with Gasteiger partial charge >= 0.3 is 0 Å². The van der Waals surface area contributed by atoms with Gasteiger partial charge in [0.05, 0.1) is 17.1 Å². The number of aromatic nitrogens is 4. The van der Waals surface area contributed by atoms with Crippen molar-refractivity contribution in [1.82, 2.24) is 24.4 Å². The highest BCUT2D eigenvalue weighted by Gasteiger charge is 2.38. The molecule has 4 rings (SSSR count). The lowest BCUT2D eigenvalue weighted by atomic mass is 10.0. The molecule has 3 aromatic rings. The van der Waals surface area contributed by atoms with E-state index in [1.165, 1.54) is 4.31 Å². The third kappa shape index (κ3) is 3.00. The molecule has 1 atom stereocenters. The number of sulfonamides is 1. The number of nitrogens with one attached hydrogen (secondary N) is 1. The Hall–Kier alpha value is -2.30. The summed E-state index contributed by atoms with van der Waals surface area (Å²) in [7, 11) is -3.80. The molecule has 3 heterocycles. The molecular formula is C16H20N6O3S. The van der Waals surface area contributed by atoms with Gasteiger partial charge in [-0.1, -0.05) is 23.7 Å². The SMILES string of the molecule is NCCc1nc(C2CCCCN2S(=O)(=O)c2nc3ccccc3[nH]2)no1. The Balaban J connectivity index is 1.70. The summed E-state index contributed by atoms with van der Waals surface area (Å²) in [5.74, 6) is 0.807. The summed E-state index contributed by atoms with van der Waals surface area (Å²) in [5.41, 5.74) is 6.81. The zero-order valence-corrected chi connectivity index (χ0v) is 14.9. The number of rotatable bonds is 5. The van der Waals surface area contributed by atoms with Crippen LogP contribution in [-0.4, -0.2) is 45.9 Å². The van der Waals surface area contributed by atoms with Crippen molar-refractivity contribution in [1.29, 1.82) is 0 Å². The summed E-state index contributed by atoms with van der Waals surface area (Å²) in [6.07, 6.45) is 2.79. The molecule has 9 nitrogen and oxygen atoms in total. The first-order valence-electron chi connectivity index (χ1n) is 8.59. The van der Waals surface area contributed by atoms with Gasteiger partial charge in [-0.05, 0) is 25.0 Å². The zero-order chi connectivity index (χ0) is 18.1. The highest BCUT2D eigenvalue weighted by atomic mass is 32.2. The molecule has 1 aromatic carbocycles. The number of hydrogen-bond donors (Lipinski definition) is 2. The molecule has 0 spiro atoms. The molecule has 0 saturated carbocycles. The number of imidazole rings is 1. The Morgan fingerprint density at radius 2 is 2.12 bits per heavy atom. The number of para-hydroxylation sites is 2. The minimum Gasteiger partial charge on any atom is -0.339 e. The monoisotopic (exact) mass is 376 g/mol. The average molecular weight is 376 g/mol. The number of nitrogens with zero attached hydrogens (tertiary/aromatic N) is 4. The predicted molar refractivity (Wildman–Crippen MR) is 93.6 cm³/mol. The van der Waals surface area contributed by atoms with Crippen LogP contribution in [0, 0.1) is 0 Å². The molecule has 2 aromatic heterocycles. The maximum atomic E-state index is 13.2. The van der Waals surface area contributed by atoms with Crippen molar-refractivity contribution < 1.29 is 12.9 Å². The highest BCUT2D eigenvalue weighted by Crippen LogP contribution is 2.34. The van der Waals surface area contributed by atoms with Crippen LogP contribution in [0.3, 0.4) is 0 Å². The molecule has 0 bridgehead atoms. The first-order valence-corrected chi connectivity index (χ1v) is 10.0. The second kappa shape index (κ2) is 6.78. The molecule has 1 aliphatic heterocycles. The molecule has 1 unspecified atom stereocenters. The van der Waals surface area contributed by atoms with Gasteiger partial charge in [0.15, 0.2) is 5.82 Å². The minimum atomic E-state index is -3.80. The molecule has 0 amide bonds. The number of benzene rings is 1. The molecule has 26 heavy (non-hydrogen) atoms. The molecule has 10 heteroatoms. The fourth-order valence-corrected chi connectivity index (χ4v) is 4.82. The standard InChI is InChI=1S/C16H20N6O3S/c17-9-8-14-20-15(21-25-14)13-7-3-4-10-22(13)26(23,24)16-18-11-5-1-2-6-12(11)19-16/h1-2,5-6,13H,3-4,7-10,17H2,(H,18,19). The summed E-state index contributed by atoms with van der Waals surface area (Å²) < 4.78 is 33.0. The molecular weight excluding hydrogens is 356 g/mol. The van der Waals surface area contributed by atoms with E-state index in [-0.39, 0.29) is 5.16 Å². The lowest BCUT2D eigenvalue weighted by Gasteiger charge is -2.31. The average Bonchev–Trinajstić information content (AvgIpc) is 3.29. The van der Waals surface area contributed by atoms with Crippen LogP contribution in [0.25, 0.3) is 11.0 Å². The second-order valence-corrected chi connectivity index (χ2v) is 8.08. The number of fused-ring (bicyclic) bond motifs is 1. The van der Waals surface area contributed by atoms with Crippen LogP contribution in [0.2, 0.25) is 0 Å². The van der Waals surface area contributed by atoms with Crippen molar-refractivity contribution in [3.63, 3.8) is 0 Å². The van der Waals surface area contributed by atoms with Crippen LogP contribution in [-0.2, 0) is 16.4 Å². The van der Waals surface area contributed by atoms with Crippen molar-refractivity contribution in [3.05, 3.63) is 36.0 Å². The van der Waals surface area contributed by atoms with Crippen LogP contribution in [0.4, 0.5) is 0 Å². The lowest BCUT2D eigenvalue weighted by molar-refractivity contribution is 0.239. The van der Waals surface area contributed by atoms with Crippen LogP contribution in [0.1, 0.15) is 37.0 Å².